The molecule has 3 heteroatoms. The second kappa shape index (κ2) is 5.51. The van der Waals surface area contributed by atoms with Gasteiger partial charge in [-0.25, -0.2) is 0 Å². The molecule has 1 aromatic rings. The zero-order valence-corrected chi connectivity index (χ0v) is 11.4. The number of rotatable bonds is 3. The average Bonchev–Trinajstić information content (AvgIpc) is 2.46. The van der Waals surface area contributed by atoms with E-state index in [2.05, 4.69) is 17.4 Å². The number of hydrogen-bond donors (Lipinski definition) is 2. The van der Waals surface area contributed by atoms with Crippen LogP contribution in [0.5, 0.6) is 5.75 Å². The monoisotopic (exact) mass is 261 g/mol. The summed E-state index contributed by atoms with van der Waals surface area (Å²) in [5.41, 5.74) is 0.735. The molecule has 3 nitrogen and oxygen atoms in total. The standard InChI is InChI=1S/C16H23NO2/c18-16(9-4-1-5-10-16)12-17-14-8-11-19-15-7-3-2-6-13(14)15/h2-3,6-7,14,17-18H,1,4-5,8-12H2. The molecule has 0 bridgehead atoms. The van der Waals surface area contributed by atoms with Crippen LogP contribution < -0.4 is 10.1 Å². The predicted molar refractivity (Wildman–Crippen MR) is 75.3 cm³/mol. The van der Waals surface area contributed by atoms with Crippen LogP contribution in [0.2, 0.25) is 0 Å². The fraction of sp³-hybridized carbons (Fsp3) is 0.625. The summed E-state index contributed by atoms with van der Waals surface area (Å²) < 4.78 is 5.67. The molecular weight excluding hydrogens is 238 g/mol. The fourth-order valence-electron chi connectivity index (χ4n) is 3.25. The van der Waals surface area contributed by atoms with E-state index in [1.54, 1.807) is 0 Å². The summed E-state index contributed by atoms with van der Waals surface area (Å²) in [6.45, 7) is 1.46. The lowest BCUT2D eigenvalue weighted by atomic mass is 9.84. The van der Waals surface area contributed by atoms with E-state index in [4.69, 9.17) is 4.74 Å². The summed E-state index contributed by atoms with van der Waals surface area (Å²) in [6.07, 6.45) is 6.43. The van der Waals surface area contributed by atoms with E-state index in [1.165, 1.54) is 12.0 Å². The fourth-order valence-corrected chi connectivity index (χ4v) is 3.25. The van der Waals surface area contributed by atoms with Crippen LogP contribution in [0.25, 0.3) is 0 Å². The minimum atomic E-state index is -0.495. The first kappa shape index (κ1) is 12.9. The Hall–Kier alpha value is -1.06. The number of hydrogen-bond acceptors (Lipinski definition) is 3. The minimum Gasteiger partial charge on any atom is -0.493 e. The van der Waals surface area contributed by atoms with Crippen molar-refractivity contribution in [1.29, 1.82) is 0 Å². The molecule has 3 rings (SSSR count). The lowest BCUT2D eigenvalue weighted by Crippen LogP contribution is -2.44. The van der Waals surface area contributed by atoms with Gasteiger partial charge in [-0.1, -0.05) is 37.5 Å². The van der Waals surface area contributed by atoms with Gasteiger partial charge in [-0.2, -0.15) is 0 Å². The Kier molecular flexibility index (Phi) is 3.76. The second-order valence-corrected chi connectivity index (χ2v) is 5.89. The highest BCUT2D eigenvalue weighted by Crippen LogP contribution is 2.33. The Balaban J connectivity index is 1.64. The van der Waals surface area contributed by atoms with Crippen molar-refractivity contribution in [2.24, 2.45) is 0 Å². The molecule has 2 aliphatic rings. The first-order valence-corrected chi connectivity index (χ1v) is 7.44. The summed E-state index contributed by atoms with van der Waals surface area (Å²) in [6, 6.07) is 8.53. The zero-order chi connectivity index (χ0) is 13.1. The molecule has 1 heterocycles. The second-order valence-electron chi connectivity index (χ2n) is 5.89. The van der Waals surface area contributed by atoms with Gasteiger partial charge in [-0.05, 0) is 18.9 Å². The van der Waals surface area contributed by atoms with Gasteiger partial charge in [0.25, 0.3) is 0 Å². The van der Waals surface area contributed by atoms with Crippen LogP contribution in [0.4, 0.5) is 0 Å². The third-order valence-corrected chi connectivity index (χ3v) is 4.42. The highest BCUT2D eigenvalue weighted by molar-refractivity contribution is 5.37. The van der Waals surface area contributed by atoms with Gasteiger partial charge in [-0.15, -0.1) is 0 Å². The summed E-state index contributed by atoms with van der Waals surface area (Å²) in [4.78, 5) is 0. The van der Waals surface area contributed by atoms with Crippen molar-refractivity contribution < 1.29 is 9.84 Å². The Morgan fingerprint density at radius 2 is 2.00 bits per heavy atom. The van der Waals surface area contributed by atoms with Crippen molar-refractivity contribution in [2.75, 3.05) is 13.2 Å². The van der Waals surface area contributed by atoms with Gasteiger partial charge in [0.2, 0.25) is 0 Å². The molecule has 2 N–H and O–H groups in total. The van der Waals surface area contributed by atoms with E-state index in [-0.39, 0.29) is 0 Å². The zero-order valence-electron chi connectivity index (χ0n) is 11.4. The van der Waals surface area contributed by atoms with Crippen LogP contribution in [0.15, 0.2) is 24.3 Å². The molecule has 0 amide bonds. The van der Waals surface area contributed by atoms with Gasteiger partial charge in [0.1, 0.15) is 5.75 Å². The molecule has 1 aliphatic heterocycles. The van der Waals surface area contributed by atoms with Crippen LogP contribution in [-0.4, -0.2) is 23.9 Å². The third-order valence-electron chi connectivity index (χ3n) is 4.42. The Bertz CT molecular complexity index is 427. The summed E-state index contributed by atoms with van der Waals surface area (Å²) in [5.74, 6) is 0.988. The molecular formula is C16H23NO2. The Morgan fingerprint density at radius 3 is 2.84 bits per heavy atom. The smallest absolute Gasteiger partial charge is 0.124 e. The van der Waals surface area contributed by atoms with Crippen molar-refractivity contribution >= 4 is 0 Å². The number of benzene rings is 1. The van der Waals surface area contributed by atoms with Crippen LogP contribution >= 0.6 is 0 Å². The topological polar surface area (TPSA) is 41.5 Å². The molecule has 0 aromatic heterocycles. The van der Waals surface area contributed by atoms with E-state index < -0.39 is 5.60 Å². The minimum absolute atomic E-state index is 0.316. The van der Waals surface area contributed by atoms with E-state index in [0.29, 0.717) is 12.6 Å². The van der Waals surface area contributed by atoms with E-state index >= 15 is 0 Å². The van der Waals surface area contributed by atoms with Gasteiger partial charge in [-0.3, -0.25) is 0 Å². The molecule has 1 fully saturated rings. The Labute approximate surface area is 115 Å². The van der Waals surface area contributed by atoms with E-state index in [9.17, 15) is 5.11 Å². The molecule has 1 atom stereocenters. The SMILES string of the molecule is OC1(CNC2CCOc3ccccc32)CCCCC1. The molecule has 0 saturated heterocycles. The van der Waals surface area contributed by atoms with Gasteiger partial charge >= 0.3 is 0 Å². The van der Waals surface area contributed by atoms with E-state index in [1.807, 2.05) is 12.1 Å². The Morgan fingerprint density at radius 1 is 1.21 bits per heavy atom. The number of ether oxygens (including phenoxy) is 1. The molecule has 104 valence electrons. The maximum atomic E-state index is 10.6. The largest absolute Gasteiger partial charge is 0.493 e. The first-order chi connectivity index (χ1) is 9.27. The molecule has 1 aliphatic carbocycles. The van der Waals surface area contributed by atoms with Crippen LogP contribution in [-0.2, 0) is 0 Å². The van der Waals surface area contributed by atoms with Gasteiger partial charge < -0.3 is 15.2 Å². The predicted octanol–water partition coefficient (Wildman–Crippen LogP) is 2.80. The van der Waals surface area contributed by atoms with Crippen LogP contribution in [0.1, 0.15) is 50.1 Å². The molecule has 19 heavy (non-hydrogen) atoms. The summed E-state index contributed by atoms with van der Waals surface area (Å²) in [7, 11) is 0. The maximum absolute atomic E-state index is 10.6. The lowest BCUT2D eigenvalue weighted by molar-refractivity contribution is 0.00152. The van der Waals surface area contributed by atoms with Gasteiger partial charge in [0.05, 0.1) is 12.2 Å². The van der Waals surface area contributed by atoms with Gasteiger partial charge in [0.15, 0.2) is 0 Å². The summed E-state index contributed by atoms with van der Waals surface area (Å²) >= 11 is 0. The number of para-hydroxylation sites is 1. The highest BCUT2D eigenvalue weighted by Gasteiger charge is 2.30. The molecule has 0 spiro atoms. The quantitative estimate of drug-likeness (QED) is 0.879. The molecule has 1 unspecified atom stereocenters. The third kappa shape index (κ3) is 2.93. The number of nitrogens with one attached hydrogen (secondary N) is 1. The molecule has 0 radical (unpaired) electrons. The van der Waals surface area contributed by atoms with Crippen molar-refractivity contribution in [2.45, 2.75) is 50.2 Å². The van der Waals surface area contributed by atoms with Gasteiger partial charge in [0, 0.05) is 24.6 Å². The lowest BCUT2D eigenvalue weighted by Gasteiger charge is -2.35. The number of aliphatic hydroxyl groups is 1. The normalized spacial score (nSPS) is 25.4. The van der Waals surface area contributed by atoms with Crippen LogP contribution in [0, 0.1) is 0 Å². The van der Waals surface area contributed by atoms with Crippen molar-refractivity contribution in [3.05, 3.63) is 29.8 Å². The first-order valence-electron chi connectivity index (χ1n) is 7.44. The molecule has 1 saturated carbocycles. The molecule has 1 aromatic carbocycles. The highest BCUT2D eigenvalue weighted by atomic mass is 16.5. The maximum Gasteiger partial charge on any atom is 0.124 e. The van der Waals surface area contributed by atoms with Crippen molar-refractivity contribution in [1.82, 2.24) is 5.32 Å². The van der Waals surface area contributed by atoms with E-state index in [0.717, 1.165) is 44.5 Å². The van der Waals surface area contributed by atoms with Crippen LogP contribution in [0.3, 0.4) is 0 Å². The van der Waals surface area contributed by atoms with Crippen molar-refractivity contribution in [3.63, 3.8) is 0 Å². The number of fused-ring (bicyclic) bond motifs is 1. The average molecular weight is 261 g/mol. The van der Waals surface area contributed by atoms with Crippen molar-refractivity contribution in [3.8, 4) is 5.75 Å². The summed E-state index contributed by atoms with van der Waals surface area (Å²) in [5, 5.41) is 14.1.